The Morgan fingerprint density at radius 2 is 2.00 bits per heavy atom. The van der Waals surface area contributed by atoms with Gasteiger partial charge in [0.05, 0.1) is 5.71 Å². The average Bonchev–Trinajstić information content (AvgIpc) is 2.15. The van der Waals surface area contributed by atoms with Crippen LogP contribution in [0.25, 0.3) is 0 Å². The number of nitrogens with zero attached hydrogens (tertiary/aromatic N) is 1. The van der Waals surface area contributed by atoms with E-state index in [2.05, 4.69) is 10.5 Å². The minimum absolute atomic E-state index is 0.152. The van der Waals surface area contributed by atoms with Crippen LogP contribution in [0.3, 0.4) is 0 Å². The monoisotopic (exact) mass is 192 g/mol. The number of phenols is 1. The zero-order valence-corrected chi connectivity index (χ0v) is 8.11. The molecule has 0 spiro atoms. The average molecular weight is 192 g/mol. The maximum atomic E-state index is 10.6. The Hall–Kier alpha value is -1.84. The van der Waals surface area contributed by atoms with E-state index >= 15 is 0 Å². The van der Waals surface area contributed by atoms with E-state index in [-0.39, 0.29) is 11.7 Å². The lowest BCUT2D eigenvalue weighted by Gasteiger charge is -2.02. The molecule has 2 N–H and O–H groups in total. The molecule has 0 heterocycles. The van der Waals surface area contributed by atoms with Crippen LogP contribution in [0, 0.1) is 0 Å². The topological polar surface area (TPSA) is 61.7 Å². The summed E-state index contributed by atoms with van der Waals surface area (Å²) in [7, 11) is 0. The minimum atomic E-state index is -0.236. The standard InChI is InChI=1S/C10H12N2O2/c1-7(11-12-8(2)13)9-5-3-4-6-10(9)14/h3-6,14H,1-2H3,(H,12,13)/b11-7+. The van der Waals surface area contributed by atoms with Gasteiger partial charge in [-0.3, -0.25) is 4.79 Å². The summed E-state index contributed by atoms with van der Waals surface area (Å²) in [5.41, 5.74) is 3.49. The Bertz CT molecular complexity index is 372. The first-order valence-corrected chi connectivity index (χ1v) is 4.20. The number of hydrazone groups is 1. The van der Waals surface area contributed by atoms with Crippen molar-refractivity contribution in [2.24, 2.45) is 5.10 Å². The number of phenolic OH excluding ortho intramolecular Hbond substituents is 1. The van der Waals surface area contributed by atoms with Crippen LogP contribution in [0.5, 0.6) is 5.75 Å². The van der Waals surface area contributed by atoms with E-state index in [1.54, 1.807) is 31.2 Å². The van der Waals surface area contributed by atoms with E-state index in [4.69, 9.17) is 0 Å². The zero-order chi connectivity index (χ0) is 10.6. The molecule has 1 amide bonds. The molecule has 0 atom stereocenters. The molecule has 4 heteroatoms. The molecule has 0 aliphatic carbocycles. The van der Waals surface area contributed by atoms with Gasteiger partial charge < -0.3 is 5.11 Å². The van der Waals surface area contributed by atoms with Gasteiger partial charge in [0.2, 0.25) is 5.91 Å². The van der Waals surface area contributed by atoms with Crippen LogP contribution in [0.1, 0.15) is 19.4 Å². The Morgan fingerprint density at radius 3 is 2.57 bits per heavy atom. The second-order valence-electron chi connectivity index (χ2n) is 2.88. The van der Waals surface area contributed by atoms with E-state index in [1.807, 2.05) is 0 Å². The quantitative estimate of drug-likeness (QED) is 0.547. The van der Waals surface area contributed by atoms with Crippen molar-refractivity contribution < 1.29 is 9.90 Å². The molecule has 0 saturated carbocycles. The lowest BCUT2D eigenvalue weighted by atomic mass is 10.1. The van der Waals surface area contributed by atoms with Crippen LogP contribution in [-0.4, -0.2) is 16.7 Å². The molecule has 1 rings (SSSR count). The molecular formula is C10H12N2O2. The number of carbonyl (C=O) groups excluding carboxylic acids is 1. The van der Waals surface area contributed by atoms with Crippen molar-refractivity contribution >= 4 is 11.6 Å². The van der Waals surface area contributed by atoms with Gasteiger partial charge in [0.15, 0.2) is 0 Å². The van der Waals surface area contributed by atoms with Gasteiger partial charge in [0.1, 0.15) is 5.75 Å². The van der Waals surface area contributed by atoms with E-state index in [9.17, 15) is 9.90 Å². The van der Waals surface area contributed by atoms with Crippen LogP contribution < -0.4 is 5.43 Å². The summed E-state index contributed by atoms with van der Waals surface area (Å²) in [6.45, 7) is 3.09. The van der Waals surface area contributed by atoms with Gasteiger partial charge in [0.25, 0.3) is 0 Å². The predicted octanol–water partition coefficient (Wildman–Crippen LogP) is 1.25. The summed E-state index contributed by atoms with van der Waals surface area (Å²) >= 11 is 0. The van der Waals surface area contributed by atoms with Crippen molar-refractivity contribution in [2.75, 3.05) is 0 Å². The normalized spacial score (nSPS) is 11.1. The van der Waals surface area contributed by atoms with E-state index in [1.165, 1.54) is 6.92 Å². The number of benzene rings is 1. The number of amides is 1. The molecule has 0 fully saturated rings. The molecule has 1 aromatic rings. The largest absolute Gasteiger partial charge is 0.507 e. The van der Waals surface area contributed by atoms with Gasteiger partial charge in [0, 0.05) is 12.5 Å². The third-order valence-corrected chi connectivity index (χ3v) is 1.67. The predicted molar refractivity (Wildman–Crippen MR) is 54.1 cm³/mol. The van der Waals surface area contributed by atoms with Crippen molar-refractivity contribution in [1.82, 2.24) is 5.43 Å². The molecule has 0 saturated heterocycles. The highest BCUT2D eigenvalue weighted by atomic mass is 16.3. The molecule has 1 aromatic carbocycles. The fourth-order valence-corrected chi connectivity index (χ4v) is 1.00. The summed E-state index contributed by atoms with van der Waals surface area (Å²) in [6, 6.07) is 6.82. The zero-order valence-electron chi connectivity index (χ0n) is 8.11. The first kappa shape index (κ1) is 10.2. The summed E-state index contributed by atoms with van der Waals surface area (Å²) < 4.78 is 0. The molecular weight excluding hydrogens is 180 g/mol. The fraction of sp³-hybridized carbons (Fsp3) is 0.200. The maximum absolute atomic E-state index is 10.6. The minimum Gasteiger partial charge on any atom is -0.507 e. The van der Waals surface area contributed by atoms with Crippen LogP contribution in [0.15, 0.2) is 29.4 Å². The number of hydrogen-bond donors (Lipinski definition) is 2. The van der Waals surface area contributed by atoms with Gasteiger partial charge in [-0.05, 0) is 19.1 Å². The molecule has 0 radical (unpaired) electrons. The van der Waals surface area contributed by atoms with Crippen molar-refractivity contribution in [3.63, 3.8) is 0 Å². The first-order valence-electron chi connectivity index (χ1n) is 4.20. The molecule has 74 valence electrons. The van der Waals surface area contributed by atoms with Crippen molar-refractivity contribution in [1.29, 1.82) is 0 Å². The van der Waals surface area contributed by atoms with Gasteiger partial charge in [-0.1, -0.05) is 12.1 Å². The number of para-hydroxylation sites is 1. The Morgan fingerprint density at radius 1 is 1.36 bits per heavy atom. The fourth-order valence-electron chi connectivity index (χ4n) is 1.00. The smallest absolute Gasteiger partial charge is 0.236 e. The molecule has 0 aliphatic rings. The summed E-state index contributed by atoms with van der Waals surface area (Å²) in [4.78, 5) is 10.6. The van der Waals surface area contributed by atoms with E-state index in [0.717, 1.165) is 0 Å². The summed E-state index contributed by atoms with van der Waals surface area (Å²) in [6.07, 6.45) is 0. The Kier molecular flexibility index (Phi) is 3.23. The summed E-state index contributed by atoms with van der Waals surface area (Å²) in [5.74, 6) is -0.0844. The third kappa shape index (κ3) is 2.58. The molecule has 0 bridgehead atoms. The molecule has 0 unspecified atom stereocenters. The maximum Gasteiger partial charge on any atom is 0.236 e. The molecule has 4 nitrogen and oxygen atoms in total. The number of nitrogens with one attached hydrogen (secondary N) is 1. The van der Waals surface area contributed by atoms with Crippen molar-refractivity contribution in [3.05, 3.63) is 29.8 Å². The number of carbonyl (C=O) groups is 1. The van der Waals surface area contributed by atoms with Gasteiger partial charge in [-0.25, -0.2) is 5.43 Å². The van der Waals surface area contributed by atoms with Crippen LogP contribution in [-0.2, 0) is 4.79 Å². The van der Waals surface area contributed by atoms with Crippen molar-refractivity contribution in [2.45, 2.75) is 13.8 Å². The highest BCUT2D eigenvalue weighted by molar-refractivity contribution is 6.01. The SMILES string of the molecule is CC(=O)N/N=C(\C)c1ccccc1O. The third-order valence-electron chi connectivity index (χ3n) is 1.67. The first-order chi connectivity index (χ1) is 6.61. The van der Waals surface area contributed by atoms with Gasteiger partial charge >= 0.3 is 0 Å². The number of aromatic hydroxyl groups is 1. The van der Waals surface area contributed by atoms with Crippen LogP contribution >= 0.6 is 0 Å². The lowest BCUT2D eigenvalue weighted by molar-refractivity contribution is -0.118. The van der Waals surface area contributed by atoms with Gasteiger partial charge in [-0.2, -0.15) is 5.10 Å². The highest BCUT2D eigenvalue weighted by Gasteiger charge is 2.02. The van der Waals surface area contributed by atoms with Crippen LogP contribution in [0.4, 0.5) is 0 Å². The van der Waals surface area contributed by atoms with Crippen LogP contribution in [0.2, 0.25) is 0 Å². The molecule has 0 aromatic heterocycles. The lowest BCUT2D eigenvalue weighted by Crippen LogP contribution is -2.15. The number of rotatable bonds is 2. The Labute approximate surface area is 82.3 Å². The Balaban J connectivity index is 2.89. The van der Waals surface area contributed by atoms with Crippen molar-refractivity contribution in [3.8, 4) is 5.75 Å². The van der Waals surface area contributed by atoms with E-state index < -0.39 is 0 Å². The second-order valence-corrected chi connectivity index (χ2v) is 2.88. The molecule has 0 aliphatic heterocycles. The van der Waals surface area contributed by atoms with Gasteiger partial charge in [-0.15, -0.1) is 0 Å². The number of hydrogen-bond acceptors (Lipinski definition) is 3. The van der Waals surface area contributed by atoms with E-state index in [0.29, 0.717) is 11.3 Å². The highest BCUT2D eigenvalue weighted by Crippen LogP contribution is 2.15. The summed E-state index contributed by atoms with van der Waals surface area (Å²) in [5, 5.41) is 13.3. The second kappa shape index (κ2) is 4.41. The molecule has 14 heavy (non-hydrogen) atoms.